The number of carbonyl (C=O) groups excluding carboxylic acids is 1. The summed E-state index contributed by atoms with van der Waals surface area (Å²) in [5.41, 5.74) is 2.12. The third-order valence-electron chi connectivity index (χ3n) is 3.88. The number of amides is 1. The predicted molar refractivity (Wildman–Crippen MR) is 103 cm³/mol. The largest absolute Gasteiger partial charge is 0.379 e. The predicted octanol–water partition coefficient (Wildman–Crippen LogP) is 3.28. The number of nitro benzene ring substituents is 1. The van der Waals surface area contributed by atoms with Gasteiger partial charge < -0.3 is 10.6 Å². The minimum Gasteiger partial charge on any atom is -0.379 e. The highest BCUT2D eigenvalue weighted by Gasteiger charge is 2.12. The number of nitrogens with one attached hydrogen (secondary N) is 2. The van der Waals surface area contributed by atoms with Crippen molar-refractivity contribution in [2.75, 3.05) is 17.2 Å². The first-order valence-electron chi connectivity index (χ1n) is 8.45. The van der Waals surface area contributed by atoms with E-state index in [4.69, 9.17) is 0 Å². The highest BCUT2D eigenvalue weighted by molar-refractivity contribution is 5.91. The molecule has 27 heavy (non-hydrogen) atoms. The molecular formula is C19H19N5O3. The average molecular weight is 365 g/mol. The van der Waals surface area contributed by atoms with Gasteiger partial charge in [0.05, 0.1) is 11.5 Å². The van der Waals surface area contributed by atoms with Crippen molar-refractivity contribution in [1.29, 1.82) is 0 Å². The molecule has 2 aromatic carbocycles. The van der Waals surface area contributed by atoms with E-state index in [0.717, 1.165) is 5.56 Å². The van der Waals surface area contributed by atoms with Gasteiger partial charge in [-0.15, -0.1) is 0 Å². The maximum absolute atomic E-state index is 12.1. The number of hydrogen-bond donors (Lipinski definition) is 2. The molecule has 0 saturated heterocycles. The number of carbonyl (C=O) groups is 1. The standard InChI is InChI=1S/C19H19N5O3/c25-19(9-11-20-17-7-1-2-8-18(17)24(26)27)22-16-6-3-5-15(13-16)14-23-12-4-10-21-23/h1-8,10,12-13,20H,9,11,14H2,(H,22,25). The van der Waals surface area contributed by atoms with Gasteiger partial charge in [-0.3, -0.25) is 19.6 Å². The van der Waals surface area contributed by atoms with Gasteiger partial charge >= 0.3 is 0 Å². The van der Waals surface area contributed by atoms with Gasteiger partial charge in [-0.2, -0.15) is 5.10 Å². The second-order valence-corrected chi connectivity index (χ2v) is 5.90. The molecule has 0 spiro atoms. The summed E-state index contributed by atoms with van der Waals surface area (Å²) in [4.78, 5) is 22.7. The van der Waals surface area contributed by atoms with Crippen LogP contribution in [-0.2, 0) is 11.3 Å². The van der Waals surface area contributed by atoms with Gasteiger partial charge in [-0.05, 0) is 29.8 Å². The van der Waals surface area contributed by atoms with E-state index < -0.39 is 4.92 Å². The molecule has 0 radical (unpaired) electrons. The highest BCUT2D eigenvalue weighted by Crippen LogP contribution is 2.23. The van der Waals surface area contributed by atoms with Crippen LogP contribution in [0, 0.1) is 10.1 Å². The number of para-hydroxylation sites is 2. The Bertz CT molecular complexity index is 925. The molecule has 1 aromatic heterocycles. The minimum atomic E-state index is -0.451. The zero-order chi connectivity index (χ0) is 19.1. The Labute approximate surface area is 156 Å². The number of nitro groups is 1. The summed E-state index contributed by atoms with van der Waals surface area (Å²) in [6.07, 6.45) is 3.78. The molecule has 0 atom stereocenters. The van der Waals surface area contributed by atoms with Crippen LogP contribution in [0.2, 0.25) is 0 Å². The molecule has 2 N–H and O–H groups in total. The van der Waals surface area contributed by atoms with Crippen LogP contribution in [-0.4, -0.2) is 27.2 Å². The summed E-state index contributed by atoms with van der Waals surface area (Å²) < 4.78 is 1.80. The number of aromatic nitrogens is 2. The van der Waals surface area contributed by atoms with Crippen molar-refractivity contribution in [2.24, 2.45) is 0 Å². The number of nitrogens with zero attached hydrogens (tertiary/aromatic N) is 3. The molecular weight excluding hydrogens is 346 g/mol. The lowest BCUT2D eigenvalue weighted by molar-refractivity contribution is -0.384. The molecule has 0 aliphatic carbocycles. The van der Waals surface area contributed by atoms with Crippen LogP contribution in [0.25, 0.3) is 0 Å². The molecule has 138 valence electrons. The fraction of sp³-hybridized carbons (Fsp3) is 0.158. The van der Waals surface area contributed by atoms with E-state index in [1.807, 2.05) is 36.5 Å². The summed E-state index contributed by atoms with van der Waals surface area (Å²) in [5, 5.41) is 20.9. The Morgan fingerprint density at radius 1 is 1.15 bits per heavy atom. The zero-order valence-corrected chi connectivity index (χ0v) is 14.5. The third kappa shape index (κ3) is 5.15. The SMILES string of the molecule is O=C(CCNc1ccccc1[N+](=O)[O-])Nc1cccc(Cn2cccn2)c1. The van der Waals surface area contributed by atoms with Crippen LogP contribution in [0.1, 0.15) is 12.0 Å². The van der Waals surface area contributed by atoms with Gasteiger partial charge in [-0.25, -0.2) is 0 Å². The quantitative estimate of drug-likeness (QED) is 0.471. The first kappa shape index (κ1) is 18.1. The van der Waals surface area contributed by atoms with Crippen molar-refractivity contribution in [3.63, 3.8) is 0 Å². The Morgan fingerprint density at radius 2 is 2.00 bits per heavy atom. The van der Waals surface area contributed by atoms with E-state index in [9.17, 15) is 14.9 Å². The third-order valence-corrected chi connectivity index (χ3v) is 3.88. The summed E-state index contributed by atoms with van der Waals surface area (Å²) in [6, 6.07) is 15.8. The van der Waals surface area contributed by atoms with E-state index in [0.29, 0.717) is 24.5 Å². The van der Waals surface area contributed by atoms with E-state index in [1.165, 1.54) is 6.07 Å². The van der Waals surface area contributed by atoms with Crippen LogP contribution < -0.4 is 10.6 Å². The Kier molecular flexibility index (Phi) is 5.78. The van der Waals surface area contributed by atoms with Crippen LogP contribution in [0.4, 0.5) is 17.1 Å². The normalized spacial score (nSPS) is 10.4. The number of anilines is 2. The second kappa shape index (κ2) is 8.61. The highest BCUT2D eigenvalue weighted by atomic mass is 16.6. The smallest absolute Gasteiger partial charge is 0.292 e. The van der Waals surface area contributed by atoms with Gasteiger partial charge in [0.15, 0.2) is 0 Å². The summed E-state index contributed by atoms with van der Waals surface area (Å²) >= 11 is 0. The zero-order valence-electron chi connectivity index (χ0n) is 14.5. The van der Waals surface area contributed by atoms with Crippen molar-refractivity contribution in [1.82, 2.24) is 9.78 Å². The fourth-order valence-electron chi connectivity index (χ4n) is 2.64. The molecule has 0 bridgehead atoms. The van der Waals surface area contributed by atoms with Gasteiger partial charge in [0.25, 0.3) is 5.69 Å². The maximum Gasteiger partial charge on any atom is 0.292 e. The second-order valence-electron chi connectivity index (χ2n) is 5.90. The van der Waals surface area contributed by atoms with Gasteiger partial charge in [0.1, 0.15) is 5.69 Å². The van der Waals surface area contributed by atoms with Crippen LogP contribution >= 0.6 is 0 Å². The lowest BCUT2D eigenvalue weighted by Crippen LogP contribution is -2.16. The van der Waals surface area contributed by atoms with Crippen LogP contribution in [0.3, 0.4) is 0 Å². The summed E-state index contributed by atoms with van der Waals surface area (Å²) in [5.74, 6) is -0.169. The molecule has 3 aromatic rings. The number of hydrogen-bond acceptors (Lipinski definition) is 5. The first-order chi connectivity index (χ1) is 13.1. The van der Waals surface area contributed by atoms with E-state index in [2.05, 4.69) is 15.7 Å². The number of rotatable bonds is 8. The molecule has 1 amide bonds. The van der Waals surface area contributed by atoms with E-state index in [-0.39, 0.29) is 18.0 Å². The van der Waals surface area contributed by atoms with Gasteiger partial charge in [-0.1, -0.05) is 24.3 Å². The van der Waals surface area contributed by atoms with Crippen LogP contribution in [0.5, 0.6) is 0 Å². The van der Waals surface area contributed by atoms with Crippen molar-refractivity contribution in [3.8, 4) is 0 Å². The summed E-state index contributed by atoms with van der Waals surface area (Å²) in [7, 11) is 0. The summed E-state index contributed by atoms with van der Waals surface area (Å²) in [6.45, 7) is 0.916. The molecule has 0 fully saturated rings. The van der Waals surface area contributed by atoms with Crippen molar-refractivity contribution < 1.29 is 9.72 Å². The monoisotopic (exact) mass is 365 g/mol. The van der Waals surface area contributed by atoms with E-state index >= 15 is 0 Å². The Balaban J connectivity index is 1.52. The molecule has 1 heterocycles. The molecule has 0 saturated carbocycles. The molecule has 0 aliphatic heterocycles. The molecule has 8 nitrogen and oxygen atoms in total. The van der Waals surface area contributed by atoms with Crippen LogP contribution in [0.15, 0.2) is 67.0 Å². The first-order valence-corrected chi connectivity index (χ1v) is 8.45. The molecule has 8 heteroatoms. The Hall–Kier alpha value is -3.68. The minimum absolute atomic E-state index is 0.00997. The lowest BCUT2D eigenvalue weighted by Gasteiger charge is -2.09. The maximum atomic E-state index is 12.1. The number of benzene rings is 2. The van der Waals surface area contributed by atoms with Gasteiger partial charge in [0.2, 0.25) is 5.91 Å². The average Bonchev–Trinajstić information content (AvgIpc) is 3.15. The Morgan fingerprint density at radius 3 is 2.78 bits per heavy atom. The van der Waals surface area contributed by atoms with E-state index in [1.54, 1.807) is 29.1 Å². The van der Waals surface area contributed by atoms with Crippen molar-refractivity contribution in [2.45, 2.75) is 13.0 Å². The topological polar surface area (TPSA) is 102 Å². The molecule has 0 aliphatic rings. The van der Waals surface area contributed by atoms with Gasteiger partial charge in [0, 0.05) is 37.1 Å². The molecule has 0 unspecified atom stereocenters. The lowest BCUT2D eigenvalue weighted by atomic mass is 10.2. The fourth-order valence-corrected chi connectivity index (χ4v) is 2.64. The van der Waals surface area contributed by atoms with Crippen molar-refractivity contribution >= 4 is 23.0 Å². The molecule has 3 rings (SSSR count). The van der Waals surface area contributed by atoms with Crippen molar-refractivity contribution in [3.05, 3.63) is 82.7 Å².